The molecule has 0 radical (unpaired) electrons. The average molecular weight is 331 g/mol. The molecule has 0 spiro atoms. The number of aryl methyl sites for hydroxylation is 1. The zero-order valence-corrected chi connectivity index (χ0v) is 14.2. The Morgan fingerprint density at radius 2 is 1.87 bits per heavy atom. The van der Waals surface area contributed by atoms with Crippen LogP contribution in [0.2, 0.25) is 0 Å². The molecule has 2 aromatic carbocycles. The summed E-state index contributed by atoms with van der Waals surface area (Å²) in [5, 5.41) is 0. The van der Waals surface area contributed by atoms with E-state index in [0.29, 0.717) is 29.3 Å². The van der Waals surface area contributed by atoms with Gasteiger partial charge in [-0.1, -0.05) is 30.3 Å². The number of hydrogen-bond donors (Lipinski definition) is 0. The van der Waals surface area contributed by atoms with E-state index in [9.17, 15) is 8.42 Å². The maximum atomic E-state index is 12.9. The van der Waals surface area contributed by atoms with Crippen molar-refractivity contribution in [3.8, 4) is 5.75 Å². The van der Waals surface area contributed by atoms with Gasteiger partial charge in [0.05, 0.1) is 12.0 Å². The van der Waals surface area contributed by atoms with Crippen molar-refractivity contribution in [2.24, 2.45) is 0 Å². The number of rotatable bonds is 4. The maximum Gasteiger partial charge on any atom is 0.243 e. The molecule has 1 fully saturated rings. The van der Waals surface area contributed by atoms with Crippen LogP contribution in [0.4, 0.5) is 0 Å². The molecule has 122 valence electrons. The van der Waals surface area contributed by atoms with Gasteiger partial charge in [0.2, 0.25) is 10.0 Å². The van der Waals surface area contributed by atoms with Gasteiger partial charge in [0.15, 0.2) is 0 Å². The van der Waals surface area contributed by atoms with Gasteiger partial charge >= 0.3 is 0 Å². The highest BCUT2D eigenvalue weighted by Crippen LogP contribution is 2.32. The minimum atomic E-state index is -3.46. The van der Waals surface area contributed by atoms with Gasteiger partial charge in [-0.15, -0.1) is 0 Å². The van der Waals surface area contributed by atoms with Crippen molar-refractivity contribution in [1.82, 2.24) is 4.31 Å². The molecule has 1 aliphatic rings. The molecular formula is C18H21NO3S. The molecule has 0 bridgehead atoms. The lowest BCUT2D eigenvalue weighted by atomic mass is 9.99. The summed E-state index contributed by atoms with van der Waals surface area (Å²) in [6.45, 7) is 2.91. The molecule has 0 aromatic heterocycles. The third-order valence-electron chi connectivity index (χ3n) is 4.42. The van der Waals surface area contributed by atoms with Crippen LogP contribution in [-0.4, -0.2) is 32.9 Å². The first-order valence-electron chi connectivity index (χ1n) is 7.72. The number of nitrogens with zero attached hydrogens (tertiary/aromatic N) is 1. The van der Waals surface area contributed by atoms with Crippen molar-refractivity contribution < 1.29 is 13.2 Å². The Morgan fingerprint density at radius 3 is 2.52 bits per heavy atom. The van der Waals surface area contributed by atoms with Gasteiger partial charge in [0.1, 0.15) is 5.75 Å². The largest absolute Gasteiger partial charge is 0.497 e. The summed E-state index contributed by atoms with van der Waals surface area (Å²) >= 11 is 0. The lowest BCUT2D eigenvalue weighted by molar-refractivity contribution is 0.414. The van der Waals surface area contributed by atoms with Crippen LogP contribution in [0.3, 0.4) is 0 Å². The third-order valence-corrected chi connectivity index (χ3v) is 6.45. The van der Waals surface area contributed by atoms with Crippen LogP contribution in [0.15, 0.2) is 53.4 Å². The summed E-state index contributed by atoms with van der Waals surface area (Å²) < 4.78 is 32.6. The number of benzene rings is 2. The smallest absolute Gasteiger partial charge is 0.243 e. The van der Waals surface area contributed by atoms with E-state index in [-0.39, 0.29) is 5.92 Å². The third kappa shape index (κ3) is 3.12. The standard InChI is InChI=1S/C18H21NO3S/c1-14-12-17(22-2)8-9-18(14)23(20,21)19-11-10-16(13-19)15-6-4-3-5-7-15/h3-9,12,16H,10-11,13H2,1-2H3/t16-/m0/s1. The van der Waals surface area contributed by atoms with Gasteiger partial charge in [-0.25, -0.2) is 8.42 Å². The Balaban J connectivity index is 1.84. The van der Waals surface area contributed by atoms with Crippen LogP contribution < -0.4 is 4.74 Å². The normalized spacial score (nSPS) is 19.0. The number of ether oxygens (including phenoxy) is 1. The monoisotopic (exact) mass is 331 g/mol. The Labute approximate surface area is 137 Å². The van der Waals surface area contributed by atoms with Crippen molar-refractivity contribution in [3.63, 3.8) is 0 Å². The summed E-state index contributed by atoms with van der Waals surface area (Å²) in [6.07, 6.45) is 0.860. The fourth-order valence-corrected chi connectivity index (χ4v) is 4.83. The fourth-order valence-electron chi connectivity index (χ4n) is 3.12. The second kappa shape index (κ2) is 6.34. The van der Waals surface area contributed by atoms with E-state index >= 15 is 0 Å². The molecule has 1 atom stereocenters. The molecule has 0 saturated carbocycles. The van der Waals surface area contributed by atoms with Gasteiger partial charge < -0.3 is 4.74 Å². The summed E-state index contributed by atoms with van der Waals surface area (Å²) in [6, 6.07) is 15.2. The topological polar surface area (TPSA) is 46.6 Å². The zero-order valence-electron chi connectivity index (χ0n) is 13.4. The highest BCUT2D eigenvalue weighted by molar-refractivity contribution is 7.89. The molecule has 1 saturated heterocycles. The highest BCUT2D eigenvalue weighted by Gasteiger charge is 2.33. The van der Waals surface area contributed by atoms with E-state index in [2.05, 4.69) is 12.1 Å². The molecule has 1 heterocycles. The van der Waals surface area contributed by atoms with E-state index in [0.717, 1.165) is 6.42 Å². The molecule has 0 N–H and O–H groups in total. The summed E-state index contributed by atoms with van der Waals surface area (Å²) in [4.78, 5) is 0.368. The lowest BCUT2D eigenvalue weighted by Crippen LogP contribution is -2.29. The van der Waals surface area contributed by atoms with Crippen LogP contribution in [0, 0.1) is 6.92 Å². The number of hydrogen-bond acceptors (Lipinski definition) is 3. The predicted molar refractivity (Wildman–Crippen MR) is 90.3 cm³/mol. The van der Waals surface area contributed by atoms with Crippen LogP contribution >= 0.6 is 0 Å². The minimum Gasteiger partial charge on any atom is -0.497 e. The van der Waals surface area contributed by atoms with Crippen LogP contribution in [0.1, 0.15) is 23.5 Å². The van der Waals surface area contributed by atoms with E-state index in [1.54, 1.807) is 36.5 Å². The Bertz CT molecular complexity index is 787. The molecule has 0 aliphatic carbocycles. The molecule has 0 amide bonds. The minimum absolute atomic E-state index is 0.268. The van der Waals surface area contributed by atoms with E-state index in [4.69, 9.17) is 4.74 Å². The SMILES string of the molecule is COc1ccc(S(=O)(=O)N2CC[C@H](c3ccccc3)C2)c(C)c1. The van der Waals surface area contributed by atoms with Crippen LogP contribution in [-0.2, 0) is 10.0 Å². The summed E-state index contributed by atoms with van der Waals surface area (Å²) in [5.41, 5.74) is 1.92. The molecule has 4 nitrogen and oxygen atoms in total. The van der Waals surface area contributed by atoms with Crippen molar-refractivity contribution >= 4 is 10.0 Å². The average Bonchev–Trinajstić information content (AvgIpc) is 3.06. The van der Waals surface area contributed by atoms with E-state index in [1.807, 2.05) is 18.2 Å². The van der Waals surface area contributed by atoms with Crippen LogP contribution in [0.25, 0.3) is 0 Å². The summed E-state index contributed by atoms with van der Waals surface area (Å²) in [5.74, 6) is 0.939. The first kappa shape index (κ1) is 16.0. The Kier molecular flexibility index (Phi) is 4.41. The number of sulfonamides is 1. The van der Waals surface area contributed by atoms with E-state index in [1.165, 1.54) is 5.56 Å². The van der Waals surface area contributed by atoms with Gasteiger partial charge in [-0.05, 0) is 48.6 Å². The first-order valence-corrected chi connectivity index (χ1v) is 9.16. The van der Waals surface area contributed by atoms with Crippen molar-refractivity contribution in [1.29, 1.82) is 0 Å². The van der Waals surface area contributed by atoms with Gasteiger partial charge in [0, 0.05) is 13.1 Å². The van der Waals surface area contributed by atoms with Gasteiger partial charge in [-0.2, -0.15) is 4.31 Å². The fraction of sp³-hybridized carbons (Fsp3) is 0.333. The molecule has 3 rings (SSSR count). The van der Waals surface area contributed by atoms with Crippen molar-refractivity contribution in [3.05, 3.63) is 59.7 Å². The van der Waals surface area contributed by atoms with Crippen molar-refractivity contribution in [2.75, 3.05) is 20.2 Å². The van der Waals surface area contributed by atoms with E-state index < -0.39 is 10.0 Å². The maximum absolute atomic E-state index is 12.9. The zero-order chi connectivity index (χ0) is 16.4. The molecule has 23 heavy (non-hydrogen) atoms. The molecule has 1 aliphatic heterocycles. The quantitative estimate of drug-likeness (QED) is 0.864. The Morgan fingerprint density at radius 1 is 1.13 bits per heavy atom. The highest BCUT2D eigenvalue weighted by atomic mass is 32.2. The predicted octanol–water partition coefficient (Wildman–Crippen LogP) is 3.18. The Hall–Kier alpha value is -1.85. The molecule has 5 heteroatoms. The summed E-state index contributed by atoms with van der Waals surface area (Å²) in [7, 11) is -1.88. The van der Waals surface area contributed by atoms with Crippen molar-refractivity contribution in [2.45, 2.75) is 24.2 Å². The van der Waals surface area contributed by atoms with Gasteiger partial charge in [-0.3, -0.25) is 0 Å². The number of methoxy groups -OCH3 is 1. The molecular weight excluding hydrogens is 310 g/mol. The van der Waals surface area contributed by atoms with Gasteiger partial charge in [0.25, 0.3) is 0 Å². The lowest BCUT2D eigenvalue weighted by Gasteiger charge is -2.18. The molecule has 0 unspecified atom stereocenters. The first-order chi connectivity index (χ1) is 11.0. The second-order valence-corrected chi connectivity index (χ2v) is 7.80. The van der Waals surface area contributed by atoms with Crippen LogP contribution in [0.5, 0.6) is 5.75 Å². The second-order valence-electron chi connectivity index (χ2n) is 5.89. The molecule has 2 aromatic rings.